The molecule has 1 saturated heterocycles. The number of methoxy groups -OCH3 is 1. The fourth-order valence-electron chi connectivity index (χ4n) is 4.51. The maximum absolute atomic E-state index is 5.53. The van der Waals surface area contributed by atoms with Gasteiger partial charge in [0.15, 0.2) is 5.96 Å². The molecule has 1 unspecified atom stereocenters. The zero-order valence-electron chi connectivity index (χ0n) is 18.3. The molecule has 0 radical (unpaired) electrons. The van der Waals surface area contributed by atoms with Gasteiger partial charge in [-0.25, -0.2) is 0 Å². The molecule has 6 heteroatoms. The molecule has 0 bridgehead atoms. The fraction of sp³-hybridized carbons (Fsp3) is 0.458. The second-order valence-corrected chi connectivity index (χ2v) is 8.16. The lowest BCUT2D eigenvalue weighted by Crippen LogP contribution is -2.44. The molecule has 30 heavy (non-hydrogen) atoms. The third kappa shape index (κ3) is 4.48. The summed E-state index contributed by atoms with van der Waals surface area (Å²) in [6.07, 6.45) is 3.47. The lowest BCUT2D eigenvalue weighted by molar-refractivity contribution is 0.415. The molecule has 1 fully saturated rings. The summed E-state index contributed by atoms with van der Waals surface area (Å²) in [6.45, 7) is 3.87. The van der Waals surface area contributed by atoms with Crippen molar-refractivity contribution < 1.29 is 4.74 Å². The highest BCUT2D eigenvalue weighted by Crippen LogP contribution is 2.30. The number of ether oxygens (including phenoxy) is 1. The van der Waals surface area contributed by atoms with Crippen molar-refractivity contribution in [1.29, 1.82) is 0 Å². The first-order valence-electron chi connectivity index (χ1n) is 10.9. The first-order valence-corrected chi connectivity index (χ1v) is 10.9. The minimum Gasteiger partial charge on any atom is -0.495 e. The van der Waals surface area contributed by atoms with Crippen molar-refractivity contribution in [2.45, 2.75) is 31.8 Å². The number of nitrogens with one attached hydrogen (secondary N) is 2. The summed E-state index contributed by atoms with van der Waals surface area (Å²) in [5, 5.41) is 7.08. The number of aryl methyl sites for hydroxylation is 1. The van der Waals surface area contributed by atoms with E-state index in [0.717, 1.165) is 50.0 Å². The van der Waals surface area contributed by atoms with E-state index in [1.54, 1.807) is 7.11 Å². The van der Waals surface area contributed by atoms with Crippen molar-refractivity contribution in [3.63, 3.8) is 0 Å². The summed E-state index contributed by atoms with van der Waals surface area (Å²) in [5.74, 6) is 1.79. The normalized spacial score (nSPS) is 18.9. The van der Waals surface area contributed by atoms with Crippen molar-refractivity contribution in [1.82, 2.24) is 10.6 Å². The Kier molecular flexibility index (Phi) is 6.31. The monoisotopic (exact) mass is 407 g/mol. The van der Waals surface area contributed by atoms with Crippen LogP contribution >= 0.6 is 0 Å². The number of fused-ring (bicyclic) bond motifs is 1. The Morgan fingerprint density at radius 1 is 1.17 bits per heavy atom. The van der Waals surface area contributed by atoms with E-state index in [9.17, 15) is 0 Å². The summed E-state index contributed by atoms with van der Waals surface area (Å²) >= 11 is 0. The minimum atomic E-state index is 0.360. The zero-order valence-corrected chi connectivity index (χ0v) is 18.3. The van der Waals surface area contributed by atoms with Gasteiger partial charge in [0.05, 0.1) is 12.8 Å². The third-order valence-corrected chi connectivity index (χ3v) is 6.13. The average molecular weight is 408 g/mol. The number of anilines is 2. The number of rotatable bonds is 5. The van der Waals surface area contributed by atoms with Crippen LogP contribution in [-0.2, 0) is 13.0 Å². The topological polar surface area (TPSA) is 52.1 Å². The summed E-state index contributed by atoms with van der Waals surface area (Å²) < 4.78 is 5.53. The van der Waals surface area contributed by atoms with Crippen LogP contribution in [0.3, 0.4) is 0 Å². The molecule has 160 valence electrons. The smallest absolute Gasteiger partial charge is 0.191 e. The van der Waals surface area contributed by atoms with E-state index in [0.29, 0.717) is 6.04 Å². The fourth-order valence-corrected chi connectivity index (χ4v) is 4.51. The van der Waals surface area contributed by atoms with Crippen LogP contribution in [0.2, 0.25) is 0 Å². The predicted molar refractivity (Wildman–Crippen MR) is 125 cm³/mol. The third-order valence-electron chi connectivity index (χ3n) is 6.13. The summed E-state index contributed by atoms with van der Waals surface area (Å²) in [4.78, 5) is 9.17. The van der Waals surface area contributed by atoms with Gasteiger partial charge in [0.1, 0.15) is 5.75 Å². The Balaban J connectivity index is 1.32. The molecule has 0 aliphatic carbocycles. The maximum atomic E-state index is 5.53. The van der Waals surface area contributed by atoms with E-state index < -0.39 is 0 Å². The van der Waals surface area contributed by atoms with Crippen LogP contribution in [0, 0.1) is 0 Å². The molecule has 0 saturated carbocycles. The van der Waals surface area contributed by atoms with E-state index in [4.69, 9.17) is 4.74 Å². The second-order valence-electron chi connectivity index (χ2n) is 8.16. The number of hydrogen-bond donors (Lipinski definition) is 2. The molecular formula is C24H33N5O. The first kappa shape index (κ1) is 20.4. The number of aliphatic imine (C=N–C) groups is 1. The van der Waals surface area contributed by atoms with E-state index in [-0.39, 0.29) is 0 Å². The van der Waals surface area contributed by atoms with Gasteiger partial charge in [0, 0.05) is 52.0 Å². The molecule has 2 heterocycles. The van der Waals surface area contributed by atoms with Gasteiger partial charge in [0.2, 0.25) is 0 Å². The Hall–Kier alpha value is -2.89. The van der Waals surface area contributed by atoms with Crippen LogP contribution < -0.4 is 25.2 Å². The predicted octanol–water partition coefficient (Wildman–Crippen LogP) is 3.02. The minimum absolute atomic E-state index is 0.360. The van der Waals surface area contributed by atoms with E-state index >= 15 is 0 Å². The first-order chi connectivity index (χ1) is 14.7. The zero-order chi connectivity index (χ0) is 20.9. The Labute approximate surface area is 179 Å². The van der Waals surface area contributed by atoms with Gasteiger partial charge in [-0.05, 0) is 48.6 Å². The second kappa shape index (κ2) is 9.28. The maximum Gasteiger partial charge on any atom is 0.191 e. The Morgan fingerprint density at radius 3 is 2.87 bits per heavy atom. The number of guanidine groups is 1. The van der Waals surface area contributed by atoms with Crippen LogP contribution in [0.1, 0.15) is 24.0 Å². The number of para-hydroxylation sites is 2. The van der Waals surface area contributed by atoms with E-state index in [2.05, 4.69) is 62.8 Å². The Morgan fingerprint density at radius 2 is 2.03 bits per heavy atom. The molecule has 2 aliphatic heterocycles. The van der Waals surface area contributed by atoms with Gasteiger partial charge in [-0.2, -0.15) is 0 Å². The molecule has 0 spiro atoms. The largest absolute Gasteiger partial charge is 0.495 e. The van der Waals surface area contributed by atoms with Gasteiger partial charge in [-0.1, -0.05) is 24.3 Å². The molecule has 2 aromatic carbocycles. The molecule has 4 rings (SSSR count). The molecule has 6 nitrogen and oxygen atoms in total. The molecular weight excluding hydrogens is 374 g/mol. The highest BCUT2D eigenvalue weighted by molar-refractivity contribution is 5.80. The van der Waals surface area contributed by atoms with Crippen LogP contribution in [0.4, 0.5) is 11.4 Å². The van der Waals surface area contributed by atoms with Crippen LogP contribution in [-0.4, -0.2) is 52.8 Å². The lowest BCUT2D eigenvalue weighted by Gasteiger charge is -2.28. The van der Waals surface area contributed by atoms with Crippen LogP contribution in [0.15, 0.2) is 47.5 Å². The van der Waals surface area contributed by atoms with Gasteiger partial charge < -0.3 is 25.2 Å². The lowest BCUT2D eigenvalue weighted by atomic mass is 9.99. The molecule has 1 atom stereocenters. The summed E-state index contributed by atoms with van der Waals surface area (Å²) in [6, 6.07) is 15.4. The standard InChI is InChI=1S/C24H33N5O/c1-25-24(26-16-18-10-11-21-19(15-18)7-6-13-28(21)2)27-20-12-14-29(17-20)22-8-4-5-9-23(22)30-3/h4-5,8-11,15,20H,6-7,12-14,16-17H2,1-3H3,(H2,25,26,27). The Bertz CT molecular complexity index is 897. The van der Waals surface area contributed by atoms with Gasteiger partial charge in [0.25, 0.3) is 0 Å². The summed E-state index contributed by atoms with van der Waals surface area (Å²) in [5.41, 5.74) is 5.28. The van der Waals surface area contributed by atoms with Gasteiger partial charge >= 0.3 is 0 Å². The number of benzene rings is 2. The highest BCUT2D eigenvalue weighted by Gasteiger charge is 2.25. The molecule has 2 N–H and O–H groups in total. The van der Waals surface area contributed by atoms with Crippen molar-refractivity contribution in [3.8, 4) is 5.75 Å². The van der Waals surface area contributed by atoms with Crippen LogP contribution in [0.5, 0.6) is 5.75 Å². The van der Waals surface area contributed by atoms with Crippen molar-refractivity contribution in [2.75, 3.05) is 50.6 Å². The van der Waals surface area contributed by atoms with Gasteiger partial charge in [-0.15, -0.1) is 0 Å². The van der Waals surface area contributed by atoms with E-state index in [1.807, 2.05) is 19.2 Å². The van der Waals surface area contributed by atoms with Crippen molar-refractivity contribution in [2.24, 2.45) is 4.99 Å². The number of nitrogens with zero attached hydrogens (tertiary/aromatic N) is 3. The average Bonchev–Trinajstić information content (AvgIpc) is 3.25. The molecule has 2 aliphatic rings. The highest BCUT2D eigenvalue weighted by atomic mass is 16.5. The van der Waals surface area contributed by atoms with Gasteiger partial charge in [-0.3, -0.25) is 4.99 Å². The quantitative estimate of drug-likeness (QED) is 0.589. The molecule has 0 amide bonds. The molecule has 2 aromatic rings. The van der Waals surface area contributed by atoms with Crippen molar-refractivity contribution in [3.05, 3.63) is 53.6 Å². The summed E-state index contributed by atoms with van der Waals surface area (Å²) in [7, 11) is 5.75. The molecule has 0 aromatic heterocycles. The van der Waals surface area contributed by atoms with E-state index in [1.165, 1.54) is 29.7 Å². The number of hydrogen-bond acceptors (Lipinski definition) is 4. The van der Waals surface area contributed by atoms with Crippen LogP contribution in [0.25, 0.3) is 0 Å². The SMILES string of the molecule is CN=C(NCc1ccc2c(c1)CCCN2C)NC1CCN(c2ccccc2OC)C1. The van der Waals surface area contributed by atoms with Crippen molar-refractivity contribution >= 4 is 17.3 Å².